The Bertz CT molecular complexity index is 590. The predicted octanol–water partition coefficient (Wildman–Crippen LogP) is 3.66. The monoisotopic (exact) mass is 283 g/mol. The molecule has 2 nitrogen and oxygen atoms in total. The van der Waals surface area contributed by atoms with E-state index < -0.39 is 11.6 Å². The van der Waals surface area contributed by atoms with Crippen LogP contribution in [0.3, 0.4) is 0 Å². The normalized spacial score (nSPS) is 10.5. The van der Waals surface area contributed by atoms with E-state index in [1.54, 1.807) is 12.1 Å². The molecule has 0 heterocycles. The Labute approximate surface area is 114 Å². The molecule has 0 aliphatic rings. The highest BCUT2D eigenvalue weighted by molar-refractivity contribution is 6.31. The molecule has 0 fully saturated rings. The maximum atomic E-state index is 13.3. The molecule has 0 spiro atoms. The summed E-state index contributed by atoms with van der Waals surface area (Å²) < 4.78 is 31.9. The lowest BCUT2D eigenvalue weighted by atomic mass is 10.2. The van der Waals surface area contributed by atoms with Crippen LogP contribution in [0.25, 0.3) is 0 Å². The van der Waals surface area contributed by atoms with Crippen LogP contribution in [-0.2, 0) is 13.2 Å². The molecule has 0 aliphatic carbocycles. The zero-order valence-corrected chi connectivity index (χ0v) is 10.8. The highest BCUT2D eigenvalue weighted by Crippen LogP contribution is 2.22. The number of nitrogens with two attached hydrogens (primary N) is 1. The minimum absolute atomic E-state index is 0.0120. The van der Waals surface area contributed by atoms with Gasteiger partial charge in [-0.1, -0.05) is 23.7 Å². The van der Waals surface area contributed by atoms with Crippen LogP contribution in [0.1, 0.15) is 11.1 Å². The molecule has 0 atom stereocenters. The van der Waals surface area contributed by atoms with Crippen LogP contribution in [0.4, 0.5) is 8.78 Å². The Morgan fingerprint density at radius 2 is 1.95 bits per heavy atom. The van der Waals surface area contributed by atoms with Gasteiger partial charge in [0.25, 0.3) is 0 Å². The highest BCUT2D eigenvalue weighted by Gasteiger charge is 2.07. The number of halogens is 3. The van der Waals surface area contributed by atoms with E-state index >= 15 is 0 Å². The fraction of sp³-hybridized carbons (Fsp3) is 0.143. The van der Waals surface area contributed by atoms with E-state index in [1.807, 2.05) is 0 Å². The molecule has 0 bridgehead atoms. The third kappa shape index (κ3) is 3.43. The Morgan fingerprint density at radius 3 is 2.68 bits per heavy atom. The molecule has 0 amide bonds. The predicted molar refractivity (Wildman–Crippen MR) is 70.0 cm³/mol. The minimum Gasteiger partial charge on any atom is -0.489 e. The Kier molecular flexibility index (Phi) is 4.35. The summed E-state index contributed by atoms with van der Waals surface area (Å²) >= 11 is 5.80. The molecule has 19 heavy (non-hydrogen) atoms. The average Bonchev–Trinajstić information content (AvgIpc) is 2.40. The molecule has 0 radical (unpaired) electrons. The minimum atomic E-state index is -0.510. The van der Waals surface area contributed by atoms with Crippen molar-refractivity contribution in [2.75, 3.05) is 0 Å². The zero-order chi connectivity index (χ0) is 13.8. The van der Waals surface area contributed by atoms with Crippen molar-refractivity contribution in [1.82, 2.24) is 0 Å². The van der Waals surface area contributed by atoms with Crippen LogP contribution in [0, 0.1) is 11.6 Å². The van der Waals surface area contributed by atoms with Gasteiger partial charge in [0.2, 0.25) is 0 Å². The van der Waals surface area contributed by atoms with E-state index in [0.717, 1.165) is 0 Å². The first-order valence-electron chi connectivity index (χ1n) is 5.65. The number of hydrogen-bond acceptors (Lipinski definition) is 2. The number of ether oxygens (including phenoxy) is 1. The lowest BCUT2D eigenvalue weighted by molar-refractivity contribution is 0.303. The topological polar surface area (TPSA) is 35.2 Å². The summed E-state index contributed by atoms with van der Waals surface area (Å²) in [5.41, 5.74) is 6.57. The standard InChI is InChI=1S/C14H12ClF2NO/c15-14-10(2-1-3-13(14)17)8-19-12-5-9(7-18)4-11(16)6-12/h1-6H,7-8,18H2. The second-order valence-corrected chi connectivity index (χ2v) is 4.38. The van der Waals surface area contributed by atoms with Crippen LogP contribution < -0.4 is 10.5 Å². The van der Waals surface area contributed by atoms with E-state index in [-0.39, 0.29) is 18.2 Å². The molecule has 2 aromatic rings. The Morgan fingerprint density at radius 1 is 1.16 bits per heavy atom. The van der Waals surface area contributed by atoms with Gasteiger partial charge in [0.1, 0.15) is 24.0 Å². The molecular weight excluding hydrogens is 272 g/mol. The van der Waals surface area contributed by atoms with Crippen molar-refractivity contribution in [3.8, 4) is 5.75 Å². The van der Waals surface area contributed by atoms with Crippen LogP contribution >= 0.6 is 11.6 Å². The molecule has 0 saturated heterocycles. The fourth-order valence-electron chi connectivity index (χ4n) is 1.64. The van der Waals surface area contributed by atoms with Crippen molar-refractivity contribution in [3.05, 3.63) is 64.2 Å². The van der Waals surface area contributed by atoms with Crippen molar-refractivity contribution >= 4 is 11.6 Å². The molecule has 2 N–H and O–H groups in total. The number of rotatable bonds is 4. The molecule has 2 rings (SSSR count). The molecule has 0 saturated carbocycles. The van der Waals surface area contributed by atoms with E-state index in [2.05, 4.69) is 0 Å². The number of hydrogen-bond donors (Lipinski definition) is 1. The zero-order valence-electron chi connectivity index (χ0n) is 10.00. The summed E-state index contributed by atoms with van der Waals surface area (Å²) in [4.78, 5) is 0. The van der Waals surface area contributed by atoms with Crippen molar-refractivity contribution in [1.29, 1.82) is 0 Å². The second-order valence-electron chi connectivity index (χ2n) is 4.00. The van der Waals surface area contributed by atoms with Crippen molar-refractivity contribution in [2.24, 2.45) is 5.73 Å². The largest absolute Gasteiger partial charge is 0.489 e. The van der Waals surface area contributed by atoms with Crippen LogP contribution in [0.2, 0.25) is 5.02 Å². The van der Waals surface area contributed by atoms with Crippen LogP contribution in [0.15, 0.2) is 36.4 Å². The first-order valence-corrected chi connectivity index (χ1v) is 6.03. The van der Waals surface area contributed by atoms with Gasteiger partial charge < -0.3 is 10.5 Å². The summed E-state index contributed by atoms with van der Waals surface area (Å²) in [5, 5.41) is 0.0120. The lowest BCUT2D eigenvalue weighted by Crippen LogP contribution is -2.01. The van der Waals surface area contributed by atoms with Gasteiger partial charge in [-0.2, -0.15) is 0 Å². The van der Waals surface area contributed by atoms with Gasteiger partial charge in [-0.05, 0) is 23.8 Å². The average molecular weight is 284 g/mol. The summed E-state index contributed by atoms with van der Waals surface area (Å²) in [7, 11) is 0. The third-order valence-corrected chi connectivity index (χ3v) is 3.02. The first kappa shape index (κ1) is 13.8. The highest BCUT2D eigenvalue weighted by atomic mass is 35.5. The van der Waals surface area contributed by atoms with E-state index in [9.17, 15) is 8.78 Å². The van der Waals surface area contributed by atoms with Gasteiger partial charge in [-0.25, -0.2) is 8.78 Å². The fourth-order valence-corrected chi connectivity index (χ4v) is 1.82. The molecule has 100 valence electrons. The first-order chi connectivity index (χ1) is 9.10. The lowest BCUT2D eigenvalue weighted by Gasteiger charge is -2.09. The molecule has 0 aromatic heterocycles. The maximum absolute atomic E-state index is 13.3. The Balaban J connectivity index is 2.14. The molecule has 0 aliphatic heterocycles. The van der Waals surface area contributed by atoms with Gasteiger partial charge in [-0.15, -0.1) is 0 Å². The van der Waals surface area contributed by atoms with Crippen molar-refractivity contribution in [2.45, 2.75) is 13.2 Å². The summed E-state index contributed by atoms with van der Waals surface area (Å²) in [6, 6.07) is 8.66. The van der Waals surface area contributed by atoms with E-state index in [1.165, 1.54) is 24.3 Å². The summed E-state index contributed by atoms with van der Waals surface area (Å²) in [5.74, 6) is -0.603. The van der Waals surface area contributed by atoms with Gasteiger partial charge in [-0.3, -0.25) is 0 Å². The smallest absolute Gasteiger partial charge is 0.142 e. The number of benzene rings is 2. The molecule has 5 heteroatoms. The van der Waals surface area contributed by atoms with Gasteiger partial charge >= 0.3 is 0 Å². The van der Waals surface area contributed by atoms with Crippen molar-refractivity contribution < 1.29 is 13.5 Å². The quantitative estimate of drug-likeness (QED) is 0.929. The van der Waals surface area contributed by atoms with Crippen LogP contribution in [-0.4, -0.2) is 0 Å². The third-order valence-electron chi connectivity index (χ3n) is 2.59. The summed E-state index contributed by atoms with van der Waals surface area (Å²) in [6.07, 6.45) is 0. The molecular formula is C14H12ClF2NO. The molecule has 0 unspecified atom stereocenters. The molecule has 2 aromatic carbocycles. The SMILES string of the molecule is NCc1cc(F)cc(OCc2cccc(F)c2Cl)c1. The van der Waals surface area contributed by atoms with Gasteiger partial charge in [0.15, 0.2) is 0 Å². The maximum Gasteiger partial charge on any atom is 0.142 e. The van der Waals surface area contributed by atoms with Crippen molar-refractivity contribution in [3.63, 3.8) is 0 Å². The van der Waals surface area contributed by atoms with E-state index in [4.69, 9.17) is 22.1 Å². The second kappa shape index (κ2) is 5.99. The summed E-state index contributed by atoms with van der Waals surface area (Å²) in [6.45, 7) is 0.277. The van der Waals surface area contributed by atoms with Crippen LogP contribution in [0.5, 0.6) is 5.75 Å². The van der Waals surface area contributed by atoms with Gasteiger partial charge in [0, 0.05) is 18.2 Å². The Hall–Kier alpha value is -1.65. The van der Waals surface area contributed by atoms with Gasteiger partial charge in [0.05, 0.1) is 5.02 Å². The van der Waals surface area contributed by atoms with E-state index in [0.29, 0.717) is 16.9 Å².